The molecular weight excluding hydrogens is 226 g/mol. The number of benzene rings is 1. The van der Waals surface area contributed by atoms with Gasteiger partial charge in [0.15, 0.2) is 0 Å². The highest BCUT2D eigenvalue weighted by Crippen LogP contribution is 2.19. The summed E-state index contributed by atoms with van der Waals surface area (Å²) in [5.74, 6) is 0.986. The van der Waals surface area contributed by atoms with Gasteiger partial charge < -0.3 is 10.3 Å². The molecule has 0 saturated carbocycles. The lowest BCUT2D eigenvalue weighted by atomic mass is 10.2. The van der Waals surface area contributed by atoms with Gasteiger partial charge in [-0.3, -0.25) is 4.68 Å². The molecule has 0 atom stereocenters. The minimum Gasteiger partial charge on any atom is -0.399 e. The molecule has 5 heteroatoms. The van der Waals surface area contributed by atoms with Gasteiger partial charge in [-0.05, 0) is 25.1 Å². The predicted octanol–water partition coefficient (Wildman–Crippen LogP) is 1.71. The number of imidazole rings is 1. The third-order valence-electron chi connectivity index (χ3n) is 3.06. The maximum Gasteiger partial charge on any atom is 0.107 e. The Kier molecular flexibility index (Phi) is 2.33. The van der Waals surface area contributed by atoms with Crippen molar-refractivity contribution >= 4 is 16.7 Å². The van der Waals surface area contributed by atoms with Crippen LogP contribution in [0, 0.1) is 6.92 Å². The lowest BCUT2D eigenvalue weighted by Gasteiger charge is -2.04. The number of nitrogens with two attached hydrogens (primary N) is 1. The van der Waals surface area contributed by atoms with Crippen molar-refractivity contribution < 1.29 is 0 Å². The van der Waals surface area contributed by atoms with E-state index in [9.17, 15) is 0 Å². The topological polar surface area (TPSA) is 61.7 Å². The van der Waals surface area contributed by atoms with Crippen LogP contribution in [0.3, 0.4) is 0 Å². The molecule has 0 fully saturated rings. The van der Waals surface area contributed by atoms with E-state index in [0.717, 1.165) is 34.7 Å². The van der Waals surface area contributed by atoms with Crippen molar-refractivity contribution in [3.05, 3.63) is 42.0 Å². The molecule has 5 nitrogen and oxygen atoms in total. The Morgan fingerprint density at radius 2 is 2.17 bits per heavy atom. The highest BCUT2D eigenvalue weighted by atomic mass is 15.2. The quantitative estimate of drug-likeness (QED) is 0.695. The summed E-state index contributed by atoms with van der Waals surface area (Å²) in [6.45, 7) is 2.78. The zero-order chi connectivity index (χ0) is 12.7. The van der Waals surface area contributed by atoms with Crippen molar-refractivity contribution in [1.29, 1.82) is 0 Å². The van der Waals surface area contributed by atoms with Gasteiger partial charge in [-0.2, -0.15) is 5.10 Å². The van der Waals surface area contributed by atoms with Crippen molar-refractivity contribution in [2.24, 2.45) is 7.05 Å². The van der Waals surface area contributed by atoms with Crippen molar-refractivity contribution in [3.8, 4) is 0 Å². The van der Waals surface area contributed by atoms with Crippen molar-refractivity contribution in [2.45, 2.75) is 13.5 Å². The van der Waals surface area contributed by atoms with Gasteiger partial charge in [0, 0.05) is 24.5 Å². The van der Waals surface area contributed by atoms with Crippen LogP contribution in [0.2, 0.25) is 0 Å². The smallest absolute Gasteiger partial charge is 0.107 e. The number of rotatable bonds is 2. The fraction of sp³-hybridized carbons (Fsp3) is 0.231. The van der Waals surface area contributed by atoms with Crippen LogP contribution in [0.1, 0.15) is 11.4 Å². The summed E-state index contributed by atoms with van der Waals surface area (Å²) in [7, 11) is 1.92. The number of nitrogens with zero attached hydrogens (tertiary/aromatic N) is 4. The van der Waals surface area contributed by atoms with Gasteiger partial charge in [0.2, 0.25) is 0 Å². The second-order valence-electron chi connectivity index (χ2n) is 4.52. The minimum atomic E-state index is 0.744. The van der Waals surface area contributed by atoms with Gasteiger partial charge >= 0.3 is 0 Å². The standard InChI is InChI=1S/C13H15N5/c1-9-16-12-5-11(14)3-4-13(12)18(9)8-10-6-15-17(2)7-10/h3-7H,8,14H2,1-2H3. The number of anilines is 1. The molecule has 0 saturated heterocycles. The van der Waals surface area contributed by atoms with Crippen LogP contribution in [0.25, 0.3) is 11.0 Å². The van der Waals surface area contributed by atoms with E-state index in [1.165, 1.54) is 0 Å². The van der Waals surface area contributed by atoms with Crippen LogP contribution in [0.15, 0.2) is 30.6 Å². The molecule has 2 N–H and O–H groups in total. The van der Waals surface area contributed by atoms with Gasteiger partial charge in [-0.15, -0.1) is 0 Å². The highest BCUT2D eigenvalue weighted by Gasteiger charge is 2.08. The van der Waals surface area contributed by atoms with Crippen molar-refractivity contribution in [1.82, 2.24) is 19.3 Å². The molecule has 18 heavy (non-hydrogen) atoms. The van der Waals surface area contributed by atoms with Crippen LogP contribution < -0.4 is 5.73 Å². The van der Waals surface area contributed by atoms with E-state index in [0.29, 0.717) is 0 Å². The summed E-state index contributed by atoms with van der Waals surface area (Å²) < 4.78 is 3.98. The van der Waals surface area contributed by atoms with Gasteiger partial charge in [0.05, 0.1) is 23.8 Å². The van der Waals surface area contributed by atoms with Crippen molar-refractivity contribution in [2.75, 3.05) is 5.73 Å². The van der Waals surface area contributed by atoms with E-state index >= 15 is 0 Å². The summed E-state index contributed by atoms with van der Waals surface area (Å²) in [5.41, 5.74) is 9.73. The predicted molar refractivity (Wildman–Crippen MR) is 71.2 cm³/mol. The van der Waals surface area contributed by atoms with E-state index in [-0.39, 0.29) is 0 Å². The summed E-state index contributed by atoms with van der Waals surface area (Å²) in [4.78, 5) is 4.53. The molecular formula is C13H15N5. The molecule has 0 radical (unpaired) electrons. The fourth-order valence-corrected chi connectivity index (χ4v) is 2.20. The van der Waals surface area contributed by atoms with E-state index < -0.39 is 0 Å². The Balaban J connectivity index is 2.08. The Morgan fingerprint density at radius 3 is 2.89 bits per heavy atom. The Morgan fingerprint density at radius 1 is 1.33 bits per heavy atom. The fourth-order valence-electron chi connectivity index (χ4n) is 2.20. The Bertz CT molecular complexity index is 707. The largest absolute Gasteiger partial charge is 0.399 e. The molecule has 0 amide bonds. The molecule has 1 aromatic carbocycles. The summed E-state index contributed by atoms with van der Waals surface area (Å²) >= 11 is 0. The molecule has 2 aromatic heterocycles. The summed E-state index contributed by atoms with van der Waals surface area (Å²) in [6, 6.07) is 5.83. The average molecular weight is 241 g/mol. The van der Waals surface area contributed by atoms with Crippen LogP contribution in [0.5, 0.6) is 0 Å². The van der Waals surface area contributed by atoms with Crippen molar-refractivity contribution in [3.63, 3.8) is 0 Å². The van der Waals surface area contributed by atoms with Crippen LogP contribution >= 0.6 is 0 Å². The Hall–Kier alpha value is -2.30. The zero-order valence-corrected chi connectivity index (χ0v) is 10.5. The zero-order valence-electron chi connectivity index (χ0n) is 10.5. The molecule has 0 aliphatic rings. The van der Waals surface area contributed by atoms with Crippen LogP contribution in [-0.2, 0) is 13.6 Å². The molecule has 0 aliphatic heterocycles. The van der Waals surface area contributed by atoms with Gasteiger partial charge in [0.1, 0.15) is 5.82 Å². The number of aromatic nitrogens is 4. The summed E-state index contributed by atoms with van der Waals surface area (Å²) in [6.07, 6.45) is 3.89. The average Bonchev–Trinajstić information content (AvgIpc) is 2.84. The summed E-state index contributed by atoms with van der Waals surface area (Å²) in [5, 5.41) is 4.18. The number of hydrogen-bond acceptors (Lipinski definition) is 3. The van der Waals surface area contributed by atoms with Gasteiger partial charge in [0.25, 0.3) is 0 Å². The third kappa shape index (κ3) is 1.73. The number of nitrogen functional groups attached to an aromatic ring is 1. The van der Waals surface area contributed by atoms with Crippen LogP contribution in [0.4, 0.5) is 5.69 Å². The molecule has 3 aromatic rings. The second-order valence-corrected chi connectivity index (χ2v) is 4.52. The maximum absolute atomic E-state index is 5.78. The molecule has 0 spiro atoms. The maximum atomic E-state index is 5.78. The molecule has 2 heterocycles. The van der Waals surface area contributed by atoms with Crippen LogP contribution in [-0.4, -0.2) is 19.3 Å². The molecule has 92 valence electrons. The monoisotopic (exact) mass is 241 g/mol. The van der Waals surface area contributed by atoms with Gasteiger partial charge in [-0.1, -0.05) is 0 Å². The first-order chi connectivity index (χ1) is 8.63. The van der Waals surface area contributed by atoms with E-state index in [2.05, 4.69) is 14.6 Å². The Labute approximate surface area is 105 Å². The molecule has 0 bridgehead atoms. The lowest BCUT2D eigenvalue weighted by Crippen LogP contribution is -2.01. The number of hydrogen-bond donors (Lipinski definition) is 1. The number of fused-ring (bicyclic) bond motifs is 1. The van der Waals surface area contributed by atoms with Gasteiger partial charge in [-0.25, -0.2) is 4.98 Å². The molecule has 0 aliphatic carbocycles. The second kappa shape index (κ2) is 3.87. The van der Waals surface area contributed by atoms with E-state index in [4.69, 9.17) is 5.73 Å². The number of aryl methyl sites for hydroxylation is 2. The van der Waals surface area contributed by atoms with E-state index in [1.54, 1.807) is 0 Å². The first-order valence-electron chi connectivity index (χ1n) is 5.83. The highest BCUT2D eigenvalue weighted by molar-refractivity contribution is 5.79. The normalized spacial score (nSPS) is 11.2. The van der Waals surface area contributed by atoms with E-state index in [1.807, 2.05) is 49.2 Å². The first kappa shape index (κ1) is 10.8. The third-order valence-corrected chi connectivity index (χ3v) is 3.06. The lowest BCUT2D eigenvalue weighted by molar-refractivity contribution is 0.760. The first-order valence-corrected chi connectivity index (χ1v) is 5.83. The molecule has 0 unspecified atom stereocenters. The minimum absolute atomic E-state index is 0.744. The SMILES string of the molecule is Cc1nc2cc(N)ccc2n1Cc1cnn(C)c1. The molecule has 3 rings (SSSR count).